The number of allylic oxidation sites excluding steroid dienone is 2. The standard InChI is InChI=1S/C33H36F3N3O2/c1-31(2,3)41-30(40)38-17-19-39(20-18-38)32(33(34,35)36)16-15-28(25-9-5-4-6-10-25)22-29(32)37-23-24-13-14-26-11-7-8-12-27(26)21-24/h4-16,21-22,29,37H,17-20,23H2,1-3H3. The highest BCUT2D eigenvalue weighted by Crippen LogP contribution is 2.44. The van der Waals surface area contributed by atoms with Crippen molar-refractivity contribution in [2.24, 2.45) is 0 Å². The van der Waals surface area contributed by atoms with Crippen LogP contribution >= 0.6 is 0 Å². The van der Waals surface area contributed by atoms with E-state index in [1.54, 1.807) is 32.9 Å². The van der Waals surface area contributed by atoms with Gasteiger partial charge in [0.05, 0.1) is 6.04 Å². The van der Waals surface area contributed by atoms with Gasteiger partial charge in [0.25, 0.3) is 0 Å². The van der Waals surface area contributed by atoms with E-state index in [9.17, 15) is 4.79 Å². The lowest BCUT2D eigenvalue weighted by atomic mass is 9.79. The van der Waals surface area contributed by atoms with Gasteiger partial charge in [0.1, 0.15) is 5.60 Å². The van der Waals surface area contributed by atoms with Gasteiger partial charge >= 0.3 is 12.3 Å². The van der Waals surface area contributed by atoms with Crippen LogP contribution in [0.2, 0.25) is 0 Å². The summed E-state index contributed by atoms with van der Waals surface area (Å²) in [6.07, 6.45) is -0.510. The van der Waals surface area contributed by atoms with Gasteiger partial charge in [0, 0.05) is 32.7 Å². The first kappa shape index (κ1) is 28.9. The van der Waals surface area contributed by atoms with Crippen LogP contribution in [-0.2, 0) is 11.3 Å². The van der Waals surface area contributed by atoms with E-state index in [2.05, 4.69) is 5.32 Å². The Bertz CT molecular complexity index is 1440. The first-order valence-corrected chi connectivity index (χ1v) is 13.9. The highest BCUT2D eigenvalue weighted by atomic mass is 19.4. The molecule has 0 spiro atoms. The maximum atomic E-state index is 15.3. The summed E-state index contributed by atoms with van der Waals surface area (Å²) < 4.78 is 51.4. The molecule has 41 heavy (non-hydrogen) atoms. The molecule has 1 fully saturated rings. The molecule has 1 aliphatic carbocycles. The van der Waals surface area contributed by atoms with Crippen LogP contribution < -0.4 is 5.32 Å². The Morgan fingerprint density at radius 2 is 1.59 bits per heavy atom. The maximum absolute atomic E-state index is 15.3. The van der Waals surface area contributed by atoms with Crippen LogP contribution in [0.4, 0.5) is 18.0 Å². The summed E-state index contributed by atoms with van der Waals surface area (Å²) in [5.41, 5.74) is -0.481. The second kappa shape index (κ2) is 11.3. The van der Waals surface area contributed by atoms with Crippen molar-refractivity contribution < 1.29 is 22.7 Å². The summed E-state index contributed by atoms with van der Waals surface area (Å²) in [4.78, 5) is 15.6. The average Bonchev–Trinajstić information content (AvgIpc) is 2.95. The second-order valence-electron chi connectivity index (χ2n) is 11.6. The molecular weight excluding hydrogens is 527 g/mol. The largest absolute Gasteiger partial charge is 0.444 e. The van der Waals surface area contributed by atoms with Gasteiger partial charge in [-0.1, -0.05) is 85.0 Å². The van der Waals surface area contributed by atoms with Crippen LogP contribution in [0.15, 0.2) is 91.0 Å². The van der Waals surface area contributed by atoms with Crippen molar-refractivity contribution in [2.45, 2.75) is 50.7 Å². The number of carbonyl (C=O) groups is 1. The number of hydrogen-bond donors (Lipinski definition) is 1. The topological polar surface area (TPSA) is 44.8 Å². The third-order valence-corrected chi connectivity index (χ3v) is 7.69. The summed E-state index contributed by atoms with van der Waals surface area (Å²) in [6, 6.07) is 22.3. The van der Waals surface area contributed by atoms with Crippen LogP contribution in [0.1, 0.15) is 31.9 Å². The lowest BCUT2D eigenvalue weighted by molar-refractivity contribution is -0.224. The van der Waals surface area contributed by atoms with E-state index in [4.69, 9.17) is 4.74 Å². The summed E-state index contributed by atoms with van der Waals surface area (Å²) >= 11 is 0. The zero-order chi connectivity index (χ0) is 29.3. The predicted molar refractivity (Wildman–Crippen MR) is 156 cm³/mol. The number of hydrogen-bond acceptors (Lipinski definition) is 4. The Morgan fingerprint density at radius 3 is 2.24 bits per heavy atom. The van der Waals surface area contributed by atoms with Gasteiger partial charge in [-0.05, 0) is 54.3 Å². The summed E-state index contributed by atoms with van der Waals surface area (Å²) in [5.74, 6) is 0. The minimum absolute atomic E-state index is 0.0613. The van der Waals surface area contributed by atoms with E-state index in [-0.39, 0.29) is 32.7 Å². The number of alkyl halides is 3. The summed E-state index contributed by atoms with van der Waals surface area (Å²) in [6.45, 7) is 5.99. The fourth-order valence-electron chi connectivity index (χ4n) is 5.63. The molecule has 2 unspecified atom stereocenters. The molecule has 3 aromatic rings. The van der Waals surface area contributed by atoms with Crippen LogP contribution in [0.25, 0.3) is 16.3 Å². The molecule has 1 amide bonds. The quantitative estimate of drug-likeness (QED) is 0.371. The van der Waals surface area contributed by atoms with E-state index >= 15 is 13.2 Å². The lowest BCUT2D eigenvalue weighted by Gasteiger charge is -2.51. The zero-order valence-electron chi connectivity index (χ0n) is 23.6. The van der Waals surface area contributed by atoms with Gasteiger partial charge in [-0.25, -0.2) is 4.79 Å². The molecule has 3 aromatic carbocycles. The second-order valence-corrected chi connectivity index (χ2v) is 11.6. The minimum Gasteiger partial charge on any atom is -0.444 e. The molecule has 1 saturated heterocycles. The van der Waals surface area contributed by atoms with Crippen molar-refractivity contribution in [2.75, 3.05) is 26.2 Å². The number of ether oxygens (including phenoxy) is 1. The number of rotatable bonds is 5. The third kappa shape index (κ3) is 6.19. The summed E-state index contributed by atoms with van der Waals surface area (Å²) in [7, 11) is 0. The molecule has 1 N–H and O–H groups in total. The number of benzene rings is 3. The fraction of sp³-hybridized carbons (Fsp3) is 0.364. The highest BCUT2D eigenvalue weighted by Gasteiger charge is 2.62. The maximum Gasteiger partial charge on any atom is 0.412 e. The van der Waals surface area contributed by atoms with Gasteiger partial charge in [-0.15, -0.1) is 0 Å². The molecule has 216 valence electrons. The van der Waals surface area contributed by atoms with Crippen LogP contribution in [-0.4, -0.2) is 65.4 Å². The van der Waals surface area contributed by atoms with Crippen molar-refractivity contribution >= 4 is 22.4 Å². The SMILES string of the molecule is CC(C)(C)OC(=O)N1CCN(C2(C(F)(F)F)C=CC(c3ccccc3)=CC2NCc2ccc3ccccc3c2)CC1. The smallest absolute Gasteiger partial charge is 0.412 e. The lowest BCUT2D eigenvalue weighted by Crippen LogP contribution is -2.71. The van der Waals surface area contributed by atoms with E-state index in [1.807, 2.05) is 72.8 Å². The van der Waals surface area contributed by atoms with Crippen molar-refractivity contribution in [3.8, 4) is 0 Å². The molecule has 1 heterocycles. The molecule has 0 aromatic heterocycles. The number of amides is 1. The van der Waals surface area contributed by atoms with E-state index in [0.717, 1.165) is 27.5 Å². The zero-order valence-corrected chi connectivity index (χ0v) is 23.6. The van der Waals surface area contributed by atoms with Crippen LogP contribution in [0, 0.1) is 0 Å². The Morgan fingerprint density at radius 1 is 0.927 bits per heavy atom. The predicted octanol–water partition coefficient (Wildman–Crippen LogP) is 6.81. The Balaban J connectivity index is 1.45. The van der Waals surface area contributed by atoms with E-state index in [0.29, 0.717) is 0 Å². The molecular formula is C33H36F3N3O2. The molecule has 0 bridgehead atoms. The number of fused-ring (bicyclic) bond motifs is 1. The third-order valence-electron chi connectivity index (χ3n) is 7.69. The normalized spacial score (nSPS) is 22.0. The van der Waals surface area contributed by atoms with Crippen molar-refractivity contribution in [1.29, 1.82) is 0 Å². The van der Waals surface area contributed by atoms with Crippen molar-refractivity contribution in [3.05, 3.63) is 102 Å². The molecule has 8 heteroatoms. The number of nitrogens with one attached hydrogen (secondary N) is 1. The number of piperazine rings is 1. The van der Waals surface area contributed by atoms with Crippen molar-refractivity contribution in [1.82, 2.24) is 15.1 Å². The molecule has 0 saturated carbocycles. The summed E-state index contributed by atoms with van der Waals surface area (Å²) in [5, 5.41) is 5.39. The van der Waals surface area contributed by atoms with Gasteiger partial charge in [0.2, 0.25) is 0 Å². The first-order chi connectivity index (χ1) is 19.5. The Hall–Kier alpha value is -3.62. The van der Waals surface area contributed by atoms with Gasteiger partial charge in [-0.2, -0.15) is 13.2 Å². The fourth-order valence-corrected chi connectivity index (χ4v) is 5.63. The van der Waals surface area contributed by atoms with Gasteiger partial charge in [-0.3, -0.25) is 4.90 Å². The molecule has 5 nitrogen and oxygen atoms in total. The molecule has 2 atom stereocenters. The molecule has 0 radical (unpaired) electrons. The molecule has 5 rings (SSSR count). The number of nitrogens with zero attached hydrogens (tertiary/aromatic N) is 2. The number of carbonyl (C=O) groups excluding carboxylic acids is 1. The number of halogens is 3. The Labute approximate surface area is 239 Å². The molecule has 2 aliphatic rings. The highest BCUT2D eigenvalue weighted by molar-refractivity contribution is 5.83. The monoisotopic (exact) mass is 563 g/mol. The average molecular weight is 564 g/mol. The van der Waals surface area contributed by atoms with Gasteiger partial charge in [0.15, 0.2) is 5.54 Å². The van der Waals surface area contributed by atoms with E-state index < -0.39 is 29.5 Å². The van der Waals surface area contributed by atoms with Crippen LogP contribution in [0.5, 0.6) is 0 Å². The molecule has 1 aliphatic heterocycles. The first-order valence-electron chi connectivity index (χ1n) is 13.9. The van der Waals surface area contributed by atoms with E-state index in [1.165, 1.54) is 15.9 Å². The van der Waals surface area contributed by atoms with Crippen molar-refractivity contribution in [3.63, 3.8) is 0 Å². The minimum atomic E-state index is -4.59. The Kier molecular flexibility index (Phi) is 7.99. The van der Waals surface area contributed by atoms with Gasteiger partial charge < -0.3 is 15.0 Å². The van der Waals surface area contributed by atoms with Crippen LogP contribution in [0.3, 0.4) is 0 Å².